The normalized spacial score (nSPS) is 21.9. The van der Waals surface area contributed by atoms with E-state index in [9.17, 15) is 0 Å². The van der Waals surface area contributed by atoms with Crippen LogP contribution in [0.15, 0.2) is 12.1 Å². The van der Waals surface area contributed by atoms with E-state index in [1.165, 1.54) is 43.4 Å². The van der Waals surface area contributed by atoms with Gasteiger partial charge < -0.3 is 19.7 Å². The highest BCUT2D eigenvalue weighted by molar-refractivity contribution is 5.64. The summed E-state index contributed by atoms with van der Waals surface area (Å²) in [6.07, 6.45) is 7.40. The van der Waals surface area contributed by atoms with Crippen LogP contribution in [0, 0.1) is 0 Å². The number of nitrogens with zero attached hydrogens (tertiary/aromatic N) is 1. The summed E-state index contributed by atoms with van der Waals surface area (Å²) < 4.78 is 11.4. The molecule has 2 heterocycles. The van der Waals surface area contributed by atoms with E-state index in [4.69, 9.17) is 9.47 Å². The van der Waals surface area contributed by atoms with E-state index in [-0.39, 0.29) is 0 Å². The maximum absolute atomic E-state index is 5.69. The van der Waals surface area contributed by atoms with Gasteiger partial charge in [0, 0.05) is 25.2 Å². The van der Waals surface area contributed by atoms with E-state index in [0.717, 1.165) is 37.6 Å². The van der Waals surface area contributed by atoms with E-state index < -0.39 is 0 Å². The number of benzene rings is 1. The maximum atomic E-state index is 5.69. The van der Waals surface area contributed by atoms with Gasteiger partial charge in [-0.25, -0.2) is 0 Å². The Morgan fingerprint density at radius 2 is 1.82 bits per heavy atom. The number of methoxy groups -OCH3 is 2. The average Bonchev–Trinajstić information content (AvgIpc) is 3.08. The molecule has 1 aromatic rings. The minimum atomic E-state index is 0.569. The monoisotopic (exact) mass is 304 g/mol. The Labute approximate surface area is 133 Å². The van der Waals surface area contributed by atoms with E-state index in [0.29, 0.717) is 6.04 Å². The zero-order valence-electron chi connectivity index (χ0n) is 13.9. The lowest BCUT2D eigenvalue weighted by molar-refractivity contribution is 0.395. The number of nitrogens with one attached hydrogen (secondary N) is 1. The van der Waals surface area contributed by atoms with Crippen molar-refractivity contribution in [2.75, 3.05) is 38.8 Å². The van der Waals surface area contributed by atoms with Gasteiger partial charge in [0.2, 0.25) is 0 Å². The fourth-order valence-electron chi connectivity index (χ4n) is 3.68. The molecule has 2 aliphatic heterocycles. The molecule has 122 valence electrons. The molecular weight excluding hydrogens is 276 g/mol. The van der Waals surface area contributed by atoms with E-state index >= 15 is 0 Å². The lowest BCUT2D eigenvalue weighted by atomic mass is 10.0. The number of hydrogen-bond donors (Lipinski definition) is 1. The average molecular weight is 304 g/mol. The molecule has 0 saturated carbocycles. The number of piperidine rings is 1. The Morgan fingerprint density at radius 1 is 1.05 bits per heavy atom. The van der Waals surface area contributed by atoms with E-state index in [1.54, 1.807) is 14.2 Å². The molecule has 0 bridgehead atoms. The second kappa shape index (κ2) is 7.23. The van der Waals surface area contributed by atoms with Gasteiger partial charge in [-0.3, -0.25) is 0 Å². The summed E-state index contributed by atoms with van der Waals surface area (Å²) in [4.78, 5) is 2.43. The first-order chi connectivity index (χ1) is 10.8. The van der Waals surface area contributed by atoms with Crippen molar-refractivity contribution in [2.24, 2.45) is 0 Å². The largest absolute Gasteiger partial charge is 0.496 e. The minimum absolute atomic E-state index is 0.569. The molecule has 1 unspecified atom stereocenters. The van der Waals surface area contributed by atoms with Gasteiger partial charge in [-0.2, -0.15) is 0 Å². The van der Waals surface area contributed by atoms with Crippen molar-refractivity contribution in [1.82, 2.24) is 5.32 Å². The molecule has 2 fully saturated rings. The van der Waals surface area contributed by atoms with Gasteiger partial charge >= 0.3 is 0 Å². The molecule has 0 radical (unpaired) electrons. The fraction of sp³-hybridized carbons (Fsp3) is 0.667. The van der Waals surface area contributed by atoms with Gasteiger partial charge in [0.15, 0.2) is 0 Å². The van der Waals surface area contributed by atoms with Crippen molar-refractivity contribution in [1.29, 1.82) is 0 Å². The zero-order valence-corrected chi connectivity index (χ0v) is 13.9. The molecule has 1 N–H and O–H groups in total. The molecule has 4 heteroatoms. The maximum Gasteiger partial charge on any atom is 0.142 e. The Kier molecular flexibility index (Phi) is 5.08. The molecule has 0 aromatic heterocycles. The molecule has 0 spiro atoms. The van der Waals surface area contributed by atoms with E-state index in [1.807, 2.05) is 0 Å². The first-order valence-electron chi connectivity index (χ1n) is 8.55. The van der Waals surface area contributed by atoms with Crippen LogP contribution in [-0.2, 0) is 6.42 Å². The quantitative estimate of drug-likeness (QED) is 0.907. The third kappa shape index (κ3) is 3.32. The summed E-state index contributed by atoms with van der Waals surface area (Å²) in [5.74, 6) is 1.98. The van der Waals surface area contributed by atoms with Crippen LogP contribution >= 0.6 is 0 Å². The molecular formula is C18H28N2O2. The second-order valence-corrected chi connectivity index (χ2v) is 6.38. The zero-order chi connectivity index (χ0) is 15.4. The summed E-state index contributed by atoms with van der Waals surface area (Å²) in [5, 5.41) is 3.57. The first kappa shape index (κ1) is 15.5. The number of rotatable bonds is 5. The standard InChI is InChI=1S/C18H28N2O2/c1-21-17-13-16(20-9-4-3-5-10-20)18(22-2)12-14(17)11-15-7-6-8-19-15/h12-13,15,19H,3-11H2,1-2H3. The minimum Gasteiger partial charge on any atom is -0.496 e. The van der Waals surface area contributed by atoms with Crippen LogP contribution in [0.5, 0.6) is 11.5 Å². The smallest absolute Gasteiger partial charge is 0.142 e. The molecule has 0 amide bonds. The molecule has 22 heavy (non-hydrogen) atoms. The fourth-order valence-corrected chi connectivity index (χ4v) is 3.68. The molecule has 2 aliphatic rings. The third-order valence-electron chi connectivity index (χ3n) is 4.91. The Hall–Kier alpha value is -1.42. The van der Waals surface area contributed by atoms with Crippen LogP contribution in [0.1, 0.15) is 37.7 Å². The van der Waals surface area contributed by atoms with Gasteiger partial charge in [-0.15, -0.1) is 0 Å². The summed E-state index contributed by atoms with van der Waals surface area (Å²) in [5.41, 5.74) is 2.43. The highest BCUT2D eigenvalue weighted by atomic mass is 16.5. The summed E-state index contributed by atoms with van der Waals surface area (Å²) in [6.45, 7) is 3.36. The van der Waals surface area contributed by atoms with Crippen LogP contribution in [-0.4, -0.2) is 39.9 Å². The summed E-state index contributed by atoms with van der Waals surface area (Å²) in [7, 11) is 3.54. The topological polar surface area (TPSA) is 33.7 Å². The van der Waals surface area contributed by atoms with Crippen LogP contribution in [0.2, 0.25) is 0 Å². The summed E-state index contributed by atoms with van der Waals surface area (Å²) >= 11 is 0. The molecule has 1 atom stereocenters. The SMILES string of the molecule is COc1cc(N2CCCCC2)c(OC)cc1CC1CCCN1. The predicted molar refractivity (Wildman–Crippen MR) is 90.3 cm³/mol. The highest BCUT2D eigenvalue weighted by Crippen LogP contribution is 2.37. The van der Waals surface area contributed by atoms with Crippen molar-refractivity contribution in [2.45, 2.75) is 44.6 Å². The predicted octanol–water partition coefficient (Wildman–Crippen LogP) is 2.99. The third-order valence-corrected chi connectivity index (χ3v) is 4.91. The molecule has 4 nitrogen and oxygen atoms in total. The van der Waals surface area contributed by atoms with Crippen LogP contribution in [0.25, 0.3) is 0 Å². The van der Waals surface area contributed by atoms with Crippen molar-refractivity contribution in [3.63, 3.8) is 0 Å². The van der Waals surface area contributed by atoms with E-state index in [2.05, 4.69) is 22.3 Å². The number of hydrogen-bond acceptors (Lipinski definition) is 4. The lowest BCUT2D eigenvalue weighted by Gasteiger charge is -2.31. The van der Waals surface area contributed by atoms with Crippen molar-refractivity contribution in [3.05, 3.63) is 17.7 Å². The Morgan fingerprint density at radius 3 is 2.45 bits per heavy atom. The Bertz CT molecular complexity index is 492. The summed E-state index contributed by atoms with van der Waals surface area (Å²) in [6, 6.07) is 4.93. The van der Waals surface area contributed by atoms with Gasteiger partial charge in [0.25, 0.3) is 0 Å². The molecule has 1 aromatic carbocycles. The highest BCUT2D eigenvalue weighted by Gasteiger charge is 2.21. The molecule has 3 rings (SSSR count). The second-order valence-electron chi connectivity index (χ2n) is 6.38. The van der Waals surface area contributed by atoms with Crippen LogP contribution < -0.4 is 19.7 Å². The van der Waals surface area contributed by atoms with Gasteiger partial charge in [0.1, 0.15) is 11.5 Å². The van der Waals surface area contributed by atoms with Gasteiger partial charge in [0.05, 0.1) is 19.9 Å². The number of ether oxygens (including phenoxy) is 2. The van der Waals surface area contributed by atoms with Gasteiger partial charge in [-0.1, -0.05) is 0 Å². The lowest BCUT2D eigenvalue weighted by Crippen LogP contribution is -2.30. The number of anilines is 1. The van der Waals surface area contributed by atoms with Crippen molar-refractivity contribution in [3.8, 4) is 11.5 Å². The Balaban J connectivity index is 1.87. The van der Waals surface area contributed by atoms with Crippen molar-refractivity contribution < 1.29 is 9.47 Å². The molecule has 0 aliphatic carbocycles. The molecule has 2 saturated heterocycles. The van der Waals surface area contributed by atoms with Crippen LogP contribution in [0.3, 0.4) is 0 Å². The van der Waals surface area contributed by atoms with Crippen molar-refractivity contribution >= 4 is 5.69 Å². The van der Waals surface area contributed by atoms with Gasteiger partial charge in [-0.05, 0) is 56.7 Å². The van der Waals surface area contributed by atoms with Crippen LogP contribution in [0.4, 0.5) is 5.69 Å². The first-order valence-corrected chi connectivity index (χ1v) is 8.55.